The Balaban J connectivity index is 1.72. The molecule has 6 heteroatoms. The van der Waals surface area contributed by atoms with Crippen LogP contribution in [0.2, 0.25) is 0 Å². The number of carbonyl (C=O) groups is 2. The zero-order valence-electron chi connectivity index (χ0n) is 12.3. The summed E-state index contributed by atoms with van der Waals surface area (Å²) >= 11 is 0. The summed E-state index contributed by atoms with van der Waals surface area (Å²) in [6.45, 7) is 5.48. The number of nitrogens with zero attached hydrogens (tertiary/aromatic N) is 2. The SMILES string of the molecule is CC(C(=O)NC1CC1)N1CCN(C(=O)CCCN)CC1. The zero-order chi connectivity index (χ0) is 14.5. The van der Waals surface area contributed by atoms with Crippen LogP contribution in [-0.2, 0) is 9.59 Å². The van der Waals surface area contributed by atoms with Crippen LogP contribution in [-0.4, -0.2) is 66.4 Å². The van der Waals surface area contributed by atoms with Crippen molar-refractivity contribution in [2.75, 3.05) is 32.7 Å². The van der Waals surface area contributed by atoms with Crippen molar-refractivity contribution < 1.29 is 9.59 Å². The summed E-state index contributed by atoms with van der Waals surface area (Å²) in [7, 11) is 0. The molecule has 1 heterocycles. The van der Waals surface area contributed by atoms with E-state index in [-0.39, 0.29) is 17.9 Å². The second kappa shape index (κ2) is 7.04. The standard InChI is InChI=1S/C14H26N4O2/c1-11(14(20)16-12-4-5-12)17-7-9-18(10-8-17)13(19)3-2-6-15/h11-12H,2-10,15H2,1H3,(H,16,20). The average molecular weight is 282 g/mol. The summed E-state index contributed by atoms with van der Waals surface area (Å²) in [4.78, 5) is 27.9. The van der Waals surface area contributed by atoms with Gasteiger partial charge >= 0.3 is 0 Å². The maximum Gasteiger partial charge on any atom is 0.237 e. The topological polar surface area (TPSA) is 78.7 Å². The lowest BCUT2D eigenvalue weighted by Gasteiger charge is -2.37. The van der Waals surface area contributed by atoms with Gasteiger partial charge in [-0.05, 0) is 32.7 Å². The molecule has 3 N–H and O–H groups in total. The van der Waals surface area contributed by atoms with Gasteiger partial charge in [-0.3, -0.25) is 14.5 Å². The molecule has 20 heavy (non-hydrogen) atoms. The molecule has 1 aliphatic heterocycles. The molecule has 114 valence electrons. The number of hydrogen-bond donors (Lipinski definition) is 2. The number of amides is 2. The summed E-state index contributed by atoms with van der Waals surface area (Å²) in [5.74, 6) is 0.306. The van der Waals surface area contributed by atoms with Crippen molar-refractivity contribution in [3.8, 4) is 0 Å². The molecule has 0 aromatic carbocycles. The van der Waals surface area contributed by atoms with E-state index in [1.807, 2.05) is 11.8 Å². The Bertz CT molecular complexity index is 349. The van der Waals surface area contributed by atoms with E-state index < -0.39 is 0 Å². The Hall–Kier alpha value is -1.14. The highest BCUT2D eigenvalue weighted by molar-refractivity contribution is 5.82. The molecule has 0 aromatic rings. The van der Waals surface area contributed by atoms with Crippen molar-refractivity contribution in [3.63, 3.8) is 0 Å². The van der Waals surface area contributed by atoms with E-state index in [4.69, 9.17) is 5.73 Å². The van der Waals surface area contributed by atoms with Crippen LogP contribution in [0, 0.1) is 0 Å². The fourth-order valence-corrected chi connectivity index (χ4v) is 2.49. The van der Waals surface area contributed by atoms with Gasteiger partial charge in [0.15, 0.2) is 0 Å². The maximum atomic E-state index is 12.0. The molecule has 0 radical (unpaired) electrons. The van der Waals surface area contributed by atoms with Crippen LogP contribution in [0.25, 0.3) is 0 Å². The predicted molar refractivity (Wildman–Crippen MR) is 77.1 cm³/mol. The Morgan fingerprint density at radius 3 is 2.45 bits per heavy atom. The largest absolute Gasteiger partial charge is 0.352 e. The maximum absolute atomic E-state index is 12.0. The molecule has 2 rings (SSSR count). The lowest BCUT2D eigenvalue weighted by Crippen LogP contribution is -2.55. The Morgan fingerprint density at radius 1 is 1.25 bits per heavy atom. The van der Waals surface area contributed by atoms with E-state index >= 15 is 0 Å². The van der Waals surface area contributed by atoms with E-state index in [0.717, 1.165) is 32.4 Å². The molecule has 1 aliphatic carbocycles. The van der Waals surface area contributed by atoms with Crippen molar-refractivity contribution >= 4 is 11.8 Å². The van der Waals surface area contributed by atoms with Gasteiger partial charge in [0, 0.05) is 38.6 Å². The third kappa shape index (κ3) is 4.18. The van der Waals surface area contributed by atoms with Gasteiger partial charge in [-0.2, -0.15) is 0 Å². The third-order valence-corrected chi connectivity index (χ3v) is 4.11. The van der Waals surface area contributed by atoms with Gasteiger partial charge in [-0.1, -0.05) is 0 Å². The number of carbonyl (C=O) groups excluding carboxylic acids is 2. The van der Waals surface area contributed by atoms with E-state index in [1.54, 1.807) is 0 Å². The van der Waals surface area contributed by atoms with Gasteiger partial charge in [-0.25, -0.2) is 0 Å². The van der Waals surface area contributed by atoms with Gasteiger partial charge in [-0.15, -0.1) is 0 Å². The van der Waals surface area contributed by atoms with Crippen LogP contribution in [0.15, 0.2) is 0 Å². The zero-order valence-corrected chi connectivity index (χ0v) is 12.3. The Labute approximate surface area is 120 Å². The first-order chi connectivity index (χ1) is 9.61. The summed E-state index contributed by atoms with van der Waals surface area (Å²) in [5, 5.41) is 3.04. The van der Waals surface area contributed by atoms with E-state index in [2.05, 4.69) is 10.2 Å². The van der Waals surface area contributed by atoms with Crippen LogP contribution >= 0.6 is 0 Å². The molecule has 2 fully saturated rings. The quantitative estimate of drug-likeness (QED) is 0.691. The summed E-state index contributed by atoms with van der Waals surface area (Å²) in [5.41, 5.74) is 5.42. The highest BCUT2D eigenvalue weighted by Crippen LogP contribution is 2.19. The summed E-state index contributed by atoms with van der Waals surface area (Å²) < 4.78 is 0. The van der Waals surface area contributed by atoms with E-state index in [9.17, 15) is 9.59 Å². The highest BCUT2D eigenvalue weighted by Gasteiger charge is 2.30. The predicted octanol–water partition coefficient (Wildman–Crippen LogP) is -0.463. The average Bonchev–Trinajstić information content (AvgIpc) is 3.28. The molecule has 1 atom stereocenters. The second-order valence-corrected chi connectivity index (χ2v) is 5.77. The first-order valence-corrected chi connectivity index (χ1v) is 7.64. The van der Waals surface area contributed by atoms with Crippen LogP contribution in [0.4, 0.5) is 0 Å². The molecule has 2 aliphatic rings. The molecule has 1 saturated heterocycles. The first kappa shape index (κ1) is 15.3. The minimum absolute atomic E-state index is 0.100. The monoisotopic (exact) mass is 282 g/mol. The van der Waals surface area contributed by atoms with Crippen molar-refractivity contribution in [2.45, 2.75) is 44.7 Å². The molecule has 1 saturated carbocycles. The minimum atomic E-state index is -0.100. The third-order valence-electron chi connectivity index (χ3n) is 4.11. The molecule has 0 spiro atoms. The lowest BCUT2D eigenvalue weighted by molar-refractivity contribution is -0.134. The number of rotatable bonds is 6. The van der Waals surface area contributed by atoms with Crippen LogP contribution < -0.4 is 11.1 Å². The number of piperazine rings is 1. The van der Waals surface area contributed by atoms with Gasteiger partial charge in [0.05, 0.1) is 6.04 Å². The molecule has 2 amide bonds. The molecular weight excluding hydrogens is 256 g/mol. The van der Waals surface area contributed by atoms with Gasteiger partial charge < -0.3 is 16.0 Å². The smallest absolute Gasteiger partial charge is 0.237 e. The lowest BCUT2D eigenvalue weighted by atomic mass is 10.2. The molecule has 0 aromatic heterocycles. The fourth-order valence-electron chi connectivity index (χ4n) is 2.49. The minimum Gasteiger partial charge on any atom is -0.352 e. The molecule has 6 nitrogen and oxygen atoms in total. The van der Waals surface area contributed by atoms with Crippen molar-refractivity contribution in [1.82, 2.24) is 15.1 Å². The van der Waals surface area contributed by atoms with Gasteiger partial charge in [0.25, 0.3) is 0 Å². The van der Waals surface area contributed by atoms with Gasteiger partial charge in [0.2, 0.25) is 11.8 Å². The van der Waals surface area contributed by atoms with E-state index in [0.29, 0.717) is 32.1 Å². The summed E-state index contributed by atoms with van der Waals surface area (Å²) in [6, 6.07) is 0.306. The van der Waals surface area contributed by atoms with Crippen LogP contribution in [0.3, 0.4) is 0 Å². The van der Waals surface area contributed by atoms with Crippen molar-refractivity contribution in [2.24, 2.45) is 5.73 Å². The normalized spacial score (nSPS) is 21.6. The van der Waals surface area contributed by atoms with Crippen LogP contribution in [0.5, 0.6) is 0 Å². The molecule has 1 unspecified atom stereocenters. The molecular formula is C14H26N4O2. The molecule has 0 bridgehead atoms. The summed E-state index contributed by atoms with van der Waals surface area (Å²) in [6.07, 6.45) is 3.51. The Kier molecular flexibility index (Phi) is 5.37. The fraction of sp³-hybridized carbons (Fsp3) is 0.857. The first-order valence-electron chi connectivity index (χ1n) is 7.64. The van der Waals surface area contributed by atoms with E-state index in [1.165, 1.54) is 0 Å². The highest BCUT2D eigenvalue weighted by atomic mass is 16.2. The van der Waals surface area contributed by atoms with Crippen molar-refractivity contribution in [3.05, 3.63) is 0 Å². The second-order valence-electron chi connectivity index (χ2n) is 5.77. The number of nitrogens with one attached hydrogen (secondary N) is 1. The Morgan fingerprint density at radius 2 is 1.90 bits per heavy atom. The number of hydrogen-bond acceptors (Lipinski definition) is 4. The van der Waals surface area contributed by atoms with Crippen molar-refractivity contribution in [1.29, 1.82) is 0 Å². The van der Waals surface area contributed by atoms with Gasteiger partial charge in [0.1, 0.15) is 0 Å². The van der Waals surface area contributed by atoms with Crippen LogP contribution in [0.1, 0.15) is 32.6 Å². The number of nitrogens with two attached hydrogens (primary N) is 1.